The molecule has 4 nitrogen and oxygen atoms in total. The monoisotopic (exact) mass is 310 g/mol. The number of hydrogen-bond donors (Lipinski definition) is 2. The molecule has 0 saturated heterocycles. The van der Waals surface area contributed by atoms with Crippen LogP contribution in [0.15, 0.2) is 41.3 Å². The number of rotatable bonds is 4. The predicted octanol–water partition coefficient (Wildman–Crippen LogP) is 2.13. The van der Waals surface area contributed by atoms with E-state index in [-0.39, 0.29) is 11.9 Å². The van der Waals surface area contributed by atoms with Gasteiger partial charge in [-0.25, -0.2) is 14.4 Å². The van der Waals surface area contributed by atoms with Gasteiger partial charge >= 0.3 is 0 Å². The molecule has 0 aliphatic rings. The highest BCUT2D eigenvalue weighted by molar-refractivity contribution is 9.10. The summed E-state index contributed by atoms with van der Waals surface area (Å²) in [5, 5.41) is 0. The zero-order valence-corrected chi connectivity index (χ0v) is 11.1. The normalized spacial score (nSPS) is 12.4. The van der Waals surface area contributed by atoms with E-state index in [9.17, 15) is 4.39 Å². The number of aromatic nitrogens is 2. The van der Waals surface area contributed by atoms with Crippen LogP contribution in [0.1, 0.15) is 17.3 Å². The average Bonchev–Trinajstić information content (AvgIpc) is 2.36. The maximum absolute atomic E-state index is 13.3. The Bertz CT molecular complexity index is 500. The molecule has 94 valence electrons. The number of nitrogens with two attached hydrogens (primary N) is 1. The van der Waals surface area contributed by atoms with Crippen molar-refractivity contribution in [1.82, 2.24) is 15.4 Å². The molecular formula is C12H12BrFN4. The molecule has 0 aliphatic carbocycles. The number of hydrogen-bond acceptors (Lipinski definition) is 4. The molecule has 3 N–H and O–H groups in total. The largest absolute Gasteiger partial charge is 0.271 e. The summed E-state index contributed by atoms with van der Waals surface area (Å²) in [4.78, 5) is 7.98. The third-order valence-corrected chi connectivity index (χ3v) is 2.98. The minimum Gasteiger partial charge on any atom is -0.271 e. The molecule has 6 heteroatoms. The minimum atomic E-state index is -0.280. The number of hydrazine groups is 1. The number of benzene rings is 1. The van der Waals surface area contributed by atoms with Crippen molar-refractivity contribution in [2.45, 2.75) is 12.5 Å². The van der Waals surface area contributed by atoms with Crippen LogP contribution >= 0.6 is 15.9 Å². The van der Waals surface area contributed by atoms with Gasteiger partial charge in [-0.3, -0.25) is 11.3 Å². The van der Waals surface area contributed by atoms with Gasteiger partial charge in [-0.2, -0.15) is 0 Å². The second kappa shape index (κ2) is 5.99. The van der Waals surface area contributed by atoms with Crippen molar-refractivity contribution in [3.8, 4) is 0 Å². The van der Waals surface area contributed by atoms with Gasteiger partial charge in [0.2, 0.25) is 0 Å². The molecule has 18 heavy (non-hydrogen) atoms. The summed E-state index contributed by atoms with van der Waals surface area (Å²) in [6.45, 7) is 0. The molecular weight excluding hydrogens is 299 g/mol. The SMILES string of the molecule is NNC(Cc1cc(F)cc(Br)c1)c1ccncn1. The smallest absolute Gasteiger partial charge is 0.124 e. The molecule has 0 radical (unpaired) electrons. The number of nitrogens with one attached hydrogen (secondary N) is 1. The summed E-state index contributed by atoms with van der Waals surface area (Å²) < 4.78 is 14.0. The van der Waals surface area contributed by atoms with Crippen molar-refractivity contribution in [2.75, 3.05) is 0 Å². The summed E-state index contributed by atoms with van der Waals surface area (Å²) in [6.07, 6.45) is 3.65. The van der Waals surface area contributed by atoms with E-state index in [2.05, 4.69) is 31.3 Å². The van der Waals surface area contributed by atoms with Crippen LogP contribution in [0.2, 0.25) is 0 Å². The maximum atomic E-state index is 13.3. The molecule has 1 unspecified atom stereocenters. The Kier molecular flexibility index (Phi) is 4.35. The topological polar surface area (TPSA) is 63.8 Å². The van der Waals surface area contributed by atoms with E-state index in [0.29, 0.717) is 10.9 Å². The highest BCUT2D eigenvalue weighted by Gasteiger charge is 2.12. The summed E-state index contributed by atoms with van der Waals surface area (Å²) in [7, 11) is 0. The fourth-order valence-electron chi connectivity index (χ4n) is 1.72. The van der Waals surface area contributed by atoms with Gasteiger partial charge < -0.3 is 0 Å². The third-order valence-electron chi connectivity index (χ3n) is 2.53. The van der Waals surface area contributed by atoms with Crippen LogP contribution < -0.4 is 11.3 Å². The van der Waals surface area contributed by atoms with E-state index in [0.717, 1.165) is 11.3 Å². The molecule has 0 spiro atoms. The quantitative estimate of drug-likeness (QED) is 0.671. The molecule has 2 aromatic rings. The fourth-order valence-corrected chi connectivity index (χ4v) is 2.23. The lowest BCUT2D eigenvalue weighted by molar-refractivity contribution is 0.534. The Balaban J connectivity index is 2.20. The van der Waals surface area contributed by atoms with E-state index < -0.39 is 0 Å². The fraction of sp³-hybridized carbons (Fsp3) is 0.167. The van der Waals surface area contributed by atoms with Gasteiger partial charge in [-0.1, -0.05) is 15.9 Å². The van der Waals surface area contributed by atoms with E-state index in [4.69, 9.17) is 5.84 Å². The van der Waals surface area contributed by atoms with Gasteiger partial charge in [0.15, 0.2) is 0 Å². The first-order chi connectivity index (χ1) is 8.69. The molecule has 2 rings (SSSR count). The third kappa shape index (κ3) is 3.32. The minimum absolute atomic E-state index is 0.179. The van der Waals surface area contributed by atoms with Crippen molar-refractivity contribution in [3.63, 3.8) is 0 Å². The molecule has 0 amide bonds. The lowest BCUT2D eigenvalue weighted by Crippen LogP contribution is -2.30. The Morgan fingerprint density at radius 2 is 2.22 bits per heavy atom. The highest BCUT2D eigenvalue weighted by Crippen LogP contribution is 2.20. The van der Waals surface area contributed by atoms with Gasteiger partial charge in [0.1, 0.15) is 12.1 Å². The average molecular weight is 311 g/mol. The van der Waals surface area contributed by atoms with Crippen molar-refractivity contribution in [1.29, 1.82) is 0 Å². The lowest BCUT2D eigenvalue weighted by atomic mass is 10.0. The molecule has 1 heterocycles. The predicted molar refractivity (Wildman–Crippen MR) is 69.9 cm³/mol. The van der Waals surface area contributed by atoms with Gasteiger partial charge in [0, 0.05) is 10.7 Å². The number of halogens is 2. The van der Waals surface area contributed by atoms with Gasteiger partial charge in [-0.15, -0.1) is 0 Å². The van der Waals surface area contributed by atoms with Crippen molar-refractivity contribution in [2.24, 2.45) is 5.84 Å². The maximum Gasteiger partial charge on any atom is 0.124 e. The first kappa shape index (κ1) is 13.1. The van der Waals surface area contributed by atoms with E-state index >= 15 is 0 Å². The van der Waals surface area contributed by atoms with E-state index in [1.54, 1.807) is 12.3 Å². The van der Waals surface area contributed by atoms with Crippen LogP contribution in [0.4, 0.5) is 4.39 Å². The van der Waals surface area contributed by atoms with Gasteiger partial charge in [-0.05, 0) is 36.2 Å². The van der Waals surface area contributed by atoms with Crippen LogP contribution in [0.5, 0.6) is 0 Å². The van der Waals surface area contributed by atoms with Gasteiger partial charge in [0.05, 0.1) is 11.7 Å². The molecule has 1 aromatic heterocycles. The standard InChI is InChI=1S/C12H12BrFN4/c13-9-3-8(4-10(14)6-9)5-12(18-15)11-1-2-16-7-17-11/h1-4,6-7,12,18H,5,15H2. The first-order valence-electron chi connectivity index (χ1n) is 5.36. The number of nitrogens with zero attached hydrogens (tertiary/aromatic N) is 2. The van der Waals surface area contributed by atoms with Crippen LogP contribution in [0.3, 0.4) is 0 Å². The summed E-state index contributed by atoms with van der Waals surface area (Å²) in [5.41, 5.74) is 4.29. The molecule has 0 bridgehead atoms. The van der Waals surface area contributed by atoms with Crippen LogP contribution in [0, 0.1) is 5.82 Å². The van der Waals surface area contributed by atoms with E-state index in [1.165, 1.54) is 18.5 Å². The highest BCUT2D eigenvalue weighted by atomic mass is 79.9. The molecule has 0 fully saturated rings. The van der Waals surface area contributed by atoms with Crippen molar-refractivity contribution >= 4 is 15.9 Å². The second-order valence-electron chi connectivity index (χ2n) is 3.84. The van der Waals surface area contributed by atoms with Crippen molar-refractivity contribution < 1.29 is 4.39 Å². The van der Waals surface area contributed by atoms with Crippen LogP contribution in [-0.4, -0.2) is 9.97 Å². The van der Waals surface area contributed by atoms with Crippen LogP contribution in [0.25, 0.3) is 0 Å². The summed E-state index contributed by atoms with van der Waals surface area (Å²) in [6, 6.07) is 6.35. The van der Waals surface area contributed by atoms with Crippen LogP contribution in [-0.2, 0) is 6.42 Å². The Hall–Kier alpha value is -1.37. The lowest BCUT2D eigenvalue weighted by Gasteiger charge is -2.15. The Morgan fingerprint density at radius 3 is 2.83 bits per heavy atom. The summed E-state index contributed by atoms with van der Waals surface area (Å²) >= 11 is 3.26. The van der Waals surface area contributed by atoms with Crippen molar-refractivity contribution in [3.05, 3.63) is 58.3 Å². The summed E-state index contributed by atoms with van der Waals surface area (Å²) in [5.74, 6) is 5.23. The Morgan fingerprint density at radius 1 is 1.39 bits per heavy atom. The molecule has 0 saturated carbocycles. The molecule has 1 atom stereocenters. The zero-order valence-electron chi connectivity index (χ0n) is 9.48. The van der Waals surface area contributed by atoms with Gasteiger partial charge in [0.25, 0.3) is 0 Å². The second-order valence-corrected chi connectivity index (χ2v) is 4.75. The molecule has 1 aromatic carbocycles. The Labute approximate surface area is 113 Å². The molecule has 0 aliphatic heterocycles. The zero-order chi connectivity index (χ0) is 13.0. The van der Waals surface area contributed by atoms with E-state index in [1.807, 2.05) is 6.07 Å². The first-order valence-corrected chi connectivity index (χ1v) is 6.15.